The van der Waals surface area contributed by atoms with Crippen LogP contribution in [0.1, 0.15) is 37.3 Å². The van der Waals surface area contributed by atoms with Crippen LogP contribution in [0, 0.1) is 0 Å². The standard InChI is InChI=1S/C19H23NO/c1-14(2)21-19-10-6-3-7-16(19)13-15-11-12-20-18-9-5-4-8-17(15)18/h3-10,14-15,20H,11-13H2,1-2H3. The van der Waals surface area contributed by atoms with Crippen LogP contribution in [0.15, 0.2) is 48.5 Å². The smallest absolute Gasteiger partial charge is 0.122 e. The minimum absolute atomic E-state index is 0.214. The Labute approximate surface area is 127 Å². The highest BCUT2D eigenvalue weighted by molar-refractivity contribution is 5.55. The summed E-state index contributed by atoms with van der Waals surface area (Å²) in [5.41, 5.74) is 4.03. The molecule has 110 valence electrons. The van der Waals surface area contributed by atoms with Crippen molar-refractivity contribution >= 4 is 5.69 Å². The summed E-state index contributed by atoms with van der Waals surface area (Å²) in [6.45, 7) is 5.21. The van der Waals surface area contributed by atoms with Crippen LogP contribution in [0.5, 0.6) is 5.75 Å². The molecule has 2 nitrogen and oxygen atoms in total. The summed E-state index contributed by atoms with van der Waals surface area (Å²) < 4.78 is 5.96. The molecule has 1 N–H and O–H groups in total. The summed E-state index contributed by atoms with van der Waals surface area (Å²) in [7, 11) is 0. The van der Waals surface area contributed by atoms with Crippen molar-refractivity contribution in [2.24, 2.45) is 0 Å². The minimum atomic E-state index is 0.214. The predicted molar refractivity (Wildman–Crippen MR) is 88.2 cm³/mol. The molecule has 0 spiro atoms. The van der Waals surface area contributed by atoms with Gasteiger partial charge in [-0.3, -0.25) is 0 Å². The lowest BCUT2D eigenvalue weighted by Crippen LogP contribution is -2.18. The molecule has 2 heteroatoms. The van der Waals surface area contributed by atoms with E-state index < -0.39 is 0 Å². The highest BCUT2D eigenvalue weighted by atomic mass is 16.5. The third-order valence-corrected chi connectivity index (χ3v) is 4.01. The lowest BCUT2D eigenvalue weighted by molar-refractivity contribution is 0.239. The number of ether oxygens (including phenoxy) is 1. The molecular weight excluding hydrogens is 258 g/mol. The van der Waals surface area contributed by atoms with Crippen LogP contribution < -0.4 is 10.1 Å². The largest absolute Gasteiger partial charge is 0.491 e. The highest BCUT2D eigenvalue weighted by Gasteiger charge is 2.21. The van der Waals surface area contributed by atoms with Gasteiger partial charge in [-0.2, -0.15) is 0 Å². The molecule has 0 aromatic heterocycles. The first-order valence-corrected chi connectivity index (χ1v) is 7.81. The van der Waals surface area contributed by atoms with Gasteiger partial charge in [-0.25, -0.2) is 0 Å². The molecule has 3 rings (SSSR count). The number of benzene rings is 2. The molecule has 0 fully saturated rings. The van der Waals surface area contributed by atoms with Gasteiger partial charge in [-0.15, -0.1) is 0 Å². The van der Waals surface area contributed by atoms with E-state index in [1.54, 1.807) is 0 Å². The molecule has 2 aromatic rings. The summed E-state index contributed by atoms with van der Waals surface area (Å²) in [6, 6.07) is 17.1. The van der Waals surface area contributed by atoms with Crippen molar-refractivity contribution in [3.63, 3.8) is 0 Å². The van der Waals surface area contributed by atoms with Gasteiger partial charge in [0.05, 0.1) is 6.10 Å². The summed E-state index contributed by atoms with van der Waals surface area (Å²) in [4.78, 5) is 0. The zero-order valence-electron chi connectivity index (χ0n) is 12.8. The van der Waals surface area contributed by atoms with Gasteiger partial charge >= 0.3 is 0 Å². The van der Waals surface area contributed by atoms with E-state index in [-0.39, 0.29) is 6.10 Å². The lowest BCUT2D eigenvalue weighted by Gasteiger charge is -2.27. The predicted octanol–water partition coefficient (Wildman–Crippen LogP) is 4.62. The Kier molecular flexibility index (Phi) is 4.14. The number of hydrogen-bond acceptors (Lipinski definition) is 2. The maximum atomic E-state index is 5.96. The minimum Gasteiger partial charge on any atom is -0.491 e. The van der Waals surface area contributed by atoms with Crippen LogP contribution in [0.3, 0.4) is 0 Å². The van der Waals surface area contributed by atoms with Crippen molar-refractivity contribution in [1.29, 1.82) is 0 Å². The molecule has 0 radical (unpaired) electrons. The third-order valence-electron chi connectivity index (χ3n) is 4.01. The molecule has 1 heterocycles. The molecule has 0 amide bonds. The normalized spacial score (nSPS) is 17.2. The van der Waals surface area contributed by atoms with E-state index in [1.165, 1.54) is 23.2 Å². The van der Waals surface area contributed by atoms with Gasteiger partial charge in [0.2, 0.25) is 0 Å². The van der Waals surface area contributed by atoms with Crippen molar-refractivity contribution in [3.8, 4) is 5.75 Å². The van der Waals surface area contributed by atoms with Crippen LogP contribution >= 0.6 is 0 Å². The SMILES string of the molecule is CC(C)Oc1ccccc1CC1CCNc2ccccc21. The number of nitrogens with one attached hydrogen (secondary N) is 1. The molecule has 1 aliphatic rings. The van der Waals surface area contributed by atoms with Gasteiger partial charge in [0.25, 0.3) is 0 Å². The molecule has 2 aromatic carbocycles. The molecule has 0 aliphatic carbocycles. The second-order valence-corrected chi connectivity index (χ2v) is 5.98. The molecular formula is C19H23NO. The monoisotopic (exact) mass is 281 g/mol. The Morgan fingerprint density at radius 2 is 1.86 bits per heavy atom. The number of hydrogen-bond donors (Lipinski definition) is 1. The fraction of sp³-hybridized carbons (Fsp3) is 0.368. The van der Waals surface area contributed by atoms with Crippen LogP contribution in [0.4, 0.5) is 5.69 Å². The first kappa shape index (κ1) is 14.0. The number of para-hydroxylation sites is 2. The van der Waals surface area contributed by atoms with E-state index in [2.05, 4.69) is 67.7 Å². The van der Waals surface area contributed by atoms with Crippen LogP contribution in [-0.4, -0.2) is 12.6 Å². The van der Waals surface area contributed by atoms with Gasteiger partial charge in [0, 0.05) is 12.2 Å². The van der Waals surface area contributed by atoms with E-state index in [1.807, 2.05) is 0 Å². The third kappa shape index (κ3) is 3.21. The van der Waals surface area contributed by atoms with Crippen molar-refractivity contribution in [2.75, 3.05) is 11.9 Å². The highest BCUT2D eigenvalue weighted by Crippen LogP contribution is 2.35. The Morgan fingerprint density at radius 3 is 2.71 bits per heavy atom. The van der Waals surface area contributed by atoms with Crippen LogP contribution in [0.25, 0.3) is 0 Å². The van der Waals surface area contributed by atoms with Gasteiger partial charge in [0.15, 0.2) is 0 Å². The van der Waals surface area contributed by atoms with Gasteiger partial charge in [-0.1, -0.05) is 36.4 Å². The van der Waals surface area contributed by atoms with E-state index in [4.69, 9.17) is 4.74 Å². The van der Waals surface area contributed by atoms with Gasteiger partial charge in [-0.05, 0) is 55.9 Å². The lowest BCUT2D eigenvalue weighted by atomic mass is 9.86. The second kappa shape index (κ2) is 6.21. The molecule has 21 heavy (non-hydrogen) atoms. The number of rotatable bonds is 4. The average Bonchev–Trinajstić information content (AvgIpc) is 2.49. The fourth-order valence-corrected chi connectivity index (χ4v) is 3.07. The zero-order valence-corrected chi connectivity index (χ0v) is 12.8. The maximum absolute atomic E-state index is 5.96. The van der Waals surface area contributed by atoms with Crippen molar-refractivity contribution < 1.29 is 4.74 Å². The number of fused-ring (bicyclic) bond motifs is 1. The van der Waals surface area contributed by atoms with Crippen LogP contribution in [0.2, 0.25) is 0 Å². The van der Waals surface area contributed by atoms with Gasteiger partial charge < -0.3 is 10.1 Å². The topological polar surface area (TPSA) is 21.3 Å². The van der Waals surface area contributed by atoms with E-state index in [0.717, 1.165) is 18.7 Å². The Hall–Kier alpha value is -1.96. The Morgan fingerprint density at radius 1 is 1.10 bits per heavy atom. The Balaban J connectivity index is 1.85. The van der Waals surface area contributed by atoms with Crippen molar-refractivity contribution in [3.05, 3.63) is 59.7 Å². The van der Waals surface area contributed by atoms with Crippen molar-refractivity contribution in [2.45, 2.75) is 38.7 Å². The molecule has 0 saturated heterocycles. The van der Waals surface area contributed by atoms with Gasteiger partial charge in [0.1, 0.15) is 5.75 Å². The van der Waals surface area contributed by atoms with E-state index >= 15 is 0 Å². The molecule has 0 saturated carbocycles. The first-order valence-electron chi connectivity index (χ1n) is 7.81. The maximum Gasteiger partial charge on any atom is 0.122 e. The van der Waals surface area contributed by atoms with E-state index in [0.29, 0.717) is 5.92 Å². The molecule has 0 bridgehead atoms. The average molecular weight is 281 g/mol. The van der Waals surface area contributed by atoms with Crippen molar-refractivity contribution in [1.82, 2.24) is 0 Å². The summed E-state index contributed by atoms with van der Waals surface area (Å²) >= 11 is 0. The second-order valence-electron chi connectivity index (χ2n) is 5.98. The number of anilines is 1. The molecule has 1 atom stereocenters. The Bertz CT molecular complexity index is 606. The zero-order chi connectivity index (χ0) is 14.7. The van der Waals surface area contributed by atoms with E-state index in [9.17, 15) is 0 Å². The molecule has 1 aliphatic heterocycles. The quantitative estimate of drug-likeness (QED) is 0.883. The summed E-state index contributed by atoms with van der Waals surface area (Å²) in [6.07, 6.45) is 2.43. The summed E-state index contributed by atoms with van der Waals surface area (Å²) in [5, 5.41) is 3.49. The van der Waals surface area contributed by atoms with Crippen LogP contribution in [-0.2, 0) is 6.42 Å². The molecule has 1 unspecified atom stereocenters. The first-order chi connectivity index (χ1) is 10.2. The fourth-order valence-electron chi connectivity index (χ4n) is 3.07. The summed E-state index contributed by atoms with van der Waals surface area (Å²) in [5.74, 6) is 1.60.